The Kier molecular flexibility index (Phi) is 3.66. The fraction of sp³-hybridized carbons (Fsp3) is 0.583. The maximum Gasteiger partial charge on any atom is 0.131 e. The number of likely N-dealkylation sites (N-methyl/N-ethyl adjacent to an activating group) is 1. The zero-order valence-corrected chi connectivity index (χ0v) is 10.5. The highest BCUT2D eigenvalue weighted by Gasteiger charge is 2.22. The van der Waals surface area contributed by atoms with Crippen molar-refractivity contribution in [2.45, 2.75) is 25.3 Å². The minimum atomic E-state index is 0.452. The maximum absolute atomic E-state index is 5.78. The number of alkyl halides is 1. The van der Waals surface area contributed by atoms with Gasteiger partial charge in [-0.05, 0) is 30.5 Å². The molecule has 2 rings (SSSR count). The monoisotopic (exact) mass is 240 g/mol. The van der Waals surface area contributed by atoms with Gasteiger partial charge in [0.1, 0.15) is 5.82 Å². The molecule has 0 radical (unpaired) electrons. The summed E-state index contributed by atoms with van der Waals surface area (Å²) in [6.45, 7) is 3.73. The van der Waals surface area contributed by atoms with Gasteiger partial charge in [0.05, 0.1) is 12.6 Å². The largest absolute Gasteiger partial charge is 0.379 e. The van der Waals surface area contributed by atoms with Crippen LogP contribution >= 0.6 is 11.6 Å². The van der Waals surface area contributed by atoms with Crippen molar-refractivity contribution in [2.75, 3.05) is 25.2 Å². The number of nitrogens with zero attached hydrogens (tertiary/aromatic N) is 2. The lowest BCUT2D eigenvalue weighted by molar-refractivity contribution is 0.193. The molecular formula is C12H17ClN2O. The van der Waals surface area contributed by atoms with Gasteiger partial charge in [0.15, 0.2) is 0 Å². The van der Waals surface area contributed by atoms with E-state index in [1.54, 1.807) is 0 Å². The van der Waals surface area contributed by atoms with E-state index >= 15 is 0 Å². The molecule has 1 fully saturated rings. The number of pyridine rings is 1. The van der Waals surface area contributed by atoms with Crippen LogP contribution in [-0.4, -0.2) is 31.3 Å². The van der Waals surface area contributed by atoms with E-state index in [1.165, 1.54) is 5.56 Å². The summed E-state index contributed by atoms with van der Waals surface area (Å²) in [7, 11) is 2.08. The van der Waals surface area contributed by atoms with Crippen molar-refractivity contribution in [2.24, 2.45) is 0 Å². The first-order chi connectivity index (χ1) is 7.72. The van der Waals surface area contributed by atoms with Crippen LogP contribution in [0.3, 0.4) is 0 Å². The van der Waals surface area contributed by atoms with Gasteiger partial charge in [-0.15, -0.1) is 11.6 Å². The standard InChI is InChI=1S/C12H17ClN2O/c1-9-5-10(6-13)7-14-12(9)15(2)11-3-4-16-8-11/h5,7,11H,3-4,6,8H2,1-2H3. The van der Waals surface area contributed by atoms with Gasteiger partial charge in [-0.2, -0.15) is 0 Å². The summed E-state index contributed by atoms with van der Waals surface area (Å²) in [6.07, 6.45) is 2.93. The Hall–Kier alpha value is -0.800. The number of hydrogen-bond acceptors (Lipinski definition) is 3. The first-order valence-corrected chi connectivity index (χ1v) is 6.08. The summed E-state index contributed by atoms with van der Waals surface area (Å²) >= 11 is 5.78. The molecule has 2 heterocycles. The van der Waals surface area contributed by atoms with Crippen molar-refractivity contribution in [3.05, 3.63) is 23.4 Å². The van der Waals surface area contributed by atoms with Crippen LogP contribution in [0.15, 0.2) is 12.3 Å². The first-order valence-electron chi connectivity index (χ1n) is 5.54. The van der Waals surface area contributed by atoms with Gasteiger partial charge in [-0.1, -0.05) is 0 Å². The van der Waals surface area contributed by atoms with E-state index in [0.717, 1.165) is 31.0 Å². The Labute approximate surface area is 101 Å². The number of hydrogen-bond donors (Lipinski definition) is 0. The van der Waals surface area contributed by atoms with E-state index < -0.39 is 0 Å². The SMILES string of the molecule is Cc1cc(CCl)cnc1N(C)C1CCOC1. The van der Waals surface area contributed by atoms with Crippen LogP contribution in [0.25, 0.3) is 0 Å². The van der Waals surface area contributed by atoms with Gasteiger partial charge in [0, 0.05) is 25.7 Å². The zero-order chi connectivity index (χ0) is 11.5. The Morgan fingerprint density at radius 1 is 1.62 bits per heavy atom. The molecule has 1 atom stereocenters. The number of halogens is 1. The van der Waals surface area contributed by atoms with Crippen molar-refractivity contribution >= 4 is 17.4 Å². The Bertz CT molecular complexity index is 364. The molecule has 88 valence electrons. The third-order valence-electron chi connectivity index (χ3n) is 3.05. The highest BCUT2D eigenvalue weighted by atomic mass is 35.5. The summed E-state index contributed by atoms with van der Waals surface area (Å²) in [4.78, 5) is 6.69. The van der Waals surface area contributed by atoms with Crippen LogP contribution in [0, 0.1) is 6.92 Å². The number of rotatable bonds is 3. The van der Waals surface area contributed by atoms with Crippen molar-refractivity contribution in [3.8, 4) is 0 Å². The summed E-state index contributed by atoms with van der Waals surface area (Å²) in [5.74, 6) is 1.55. The number of aromatic nitrogens is 1. The maximum atomic E-state index is 5.78. The van der Waals surface area contributed by atoms with Crippen LogP contribution in [0.1, 0.15) is 17.5 Å². The van der Waals surface area contributed by atoms with E-state index in [4.69, 9.17) is 16.3 Å². The summed E-state index contributed by atoms with van der Waals surface area (Å²) in [5, 5.41) is 0. The Morgan fingerprint density at radius 2 is 2.44 bits per heavy atom. The predicted octanol–water partition coefficient (Wildman–Crippen LogP) is 2.35. The highest BCUT2D eigenvalue weighted by molar-refractivity contribution is 6.17. The second-order valence-electron chi connectivity index (χ2n) is 4.25. The zero-order valence-electron chi connectivity index (χ0n) is 9.74. The van der Waals surface area contributed by atoms with Gasteiger partial charge in [-0.25, -0.2) is 4.98 Å². The predicted molar refractivity (Wildman–Crippen MR) is 66.2 cm³/mol. The second-order valence-corrected chi connectivity index (χ2v) is 4.51. The molecule has 16 heavy (non-hydrogen) atoms. The van der Waals surface area contributed by atoms with Crippen LogP contribution < -0.4 is 4.90 Å². The Morgan fingerprint density at radius 3 is 3.00 bits per heavy atom. The lowest BCUT2D eigenvalue weighted by atomic mass is 10.1. The highest BCUT2D eigenvalue weighted by Crippen LogP contribution is 2.22. The smallest absolute Gasteiger partial charge is 0.131 e. The molecule has 4 heteroatoms. The number of anilines is 1. The van der Waals surface area contributed by atoms with E-state index in [1.807, 2.05) is 6.20 Å². The molecule has 0 aromatic carbocycles. The van der Waals surface area contributed by atoms with Gasteiger partial charge in [-0.3, -0.25) is 0 Å². The molecule has 0 bridgehead atoms. The summed E-state index contributed by atoms with van der Waals surface area (Å²) in [6, 6.07) is 2.55. The third-order valence-corrected chi connectivity index (χ3v) is 3.36. The van der Waals surface area contributed by atoms with Crippen molar-refractivity contribution in [1.29, 1.82) is 0 Å². The summed E-state index contributed by atoms with van der Waals surface area (Å²) in [5.41, 5.74) is 2.24. The van der Waals surface area contributed by atoms with E-state index in [-0.39, 0.29) is 0 Å². The lowest BCUT2D eigenvalue weighted by Gasteiger charge is -2.25. The molecule has 0 N–H and O–H groups in total. The molecule has 0 spiro atoms. The quantitative estimate of drug-likeness (QED) is 0.759. The van der Waals surface area contributed by atoms with Crippen molar-refractivity contribution < 1.29 is 4.74 Å². The molecule has 1 aromatic heterocycles. The number of ether oxygens (including phenoxy) is 1. The topological polar surface area (TPSA) is 25.4 Å². The molecule has 1 saturated heterocycles. The molecule has 0 saturated carbocycles. The molecule has 1 aliphatic heterocycles. The van der Waals surface area contributed by atoms with Gasteiger partial charge >= 0.3 is 0 Å². The molecule has 0 aliphatic carbocycles. The second kappa shape index (κ2) is 5.02. The van der Waals surface area contributed by atoms with Crippen LogP contribution in [0.2, 0.25) is 0 Å². The van der Waals surface area contributed by atoms with Gasteiger partial charge in [0.2, 0.25) is 0 Å². The van der Waals surface area contributed by atoms with Gasteiger partial charge in [0.25, 0.3) is 0 Å². The average Bonchev–Trinajstić information content (AvgIpc) is 2.81. The van der Waals surface area contributed by atoms with Gasteiger partial charge < -0.3 is 9.64 Å². The van der Waals surface area contributed by atoms with E-state index in [0.29, 0.717) is 11.9 Å². The minimum Gasteiger partial charge on any atom is -0.379 e. The van der Waals surface area contributed by atoms with Crippen LogP contribution in [-0.2, 0) is 10.6 Å². The molecule has 1 unspecified atom stereocenters. The molecule has 3 nitrogen and oxygen atoms in total. The minimum absolute atomic E-state index is 0.452. The van der Waals surface area contributed by atoms with E-state index in [9.17, 15) is 0 Å². The Balaban J connectivity index is 2.19. The van der Waals surface area contributed by atoms with E-state index in [2.05, 4.69) is 29.9 Å². The average molecular weight is 241 g/mol. The molecular weight excluding hydrogens is 224 g/mol. The first kappa shape index (κ1) is 11.7. The normalized spacial score (nSPS) is 20.1. The molecule has 1 aromatic rings. The number of aryl methyl sites for hydroxylation is 1. The van der Waals surface area contributed by atoms with Crippen LogP contribution in [0.5, 0.6) is 0 Å². The van der Waals surface area contributed by atoms with Crippen LogP contribution in [0.4, 0.5) is 5.82 Å². The molecule has 0 amide bonds. The van der Waals surface area contributed by atoms with Crippen molar-refractivity contribution in [1.82, 2.24) is 4.98 Å². The van der Waals surface area contributed by atoms with Crippen molar-refractivity contribution in [3.63, 3.8) is 0 Å². The fourth-order valence-electron chi connectivity index (χ4n) is 2.07. The summed E-state index contributed by atoms with van der Waals surface area (Å²) < 4.78 is 5.39. The molecule has 1 aliphatic rings. The fourth-order valence-corrected chi connectivity index (χ4v) is 2.21. The lowest BCUT2D eigenvalue weighted by Crippen LogP contribution is -2.33. The third kappa shape index (κ3) is 2.30.